The van der Waals surface area contributed by atoms with Crippen LogP contribution in [-0.4, -0.2) is 30.6 Å². The van der Waals surface area contributed by atoms with Gasteiger partial charge in [0.25, 0.3) is 0 Å². The van der Waals surface area contributed by atoms with E-state index in [0.29, 0.717) is 12.8 Å². The summed E-state index contributed by atoms with van der Waals surface area (Å²) in [4.78, 5) is 12.9. The zero-order chi connectivity index (χ0) is 8.27. The number of rotatable bonds is 3. The van der Waals surface area contributed by atoms with Gasteiger partial charge in [-0.25, -0.2) is 0 Å². The van der Waals surface area contributed by atoms with Crippen molar-refractivity contribution < 1.29 is 9.18 Å². The summed E-state index contributed by atoms with van der Waals surface area (Å²) in [6.07, 6.45) is 1.10. The maximum atomic E-state index is 11.9. The van der Waals surface area contributed by atoms with Crippen molar-refractivity contribution >= 4 is 5.91 Å². The highest BCUT2D eigenvalue weighted by molar-refractivity contribution is 5.78. The molecule has 1 atom stereocenters. The number of alkyl halides is 1. The van der Waals surface area contributed by atoms with Crippen LogP contribution in [0.4, 0.5) is 4.39 Å². The van der Waals surface area contributed by atoms with E-state index in [-0.39, 0.29) is 18.5 Å². The minimum Gasteiger partial charge on any atom is -0.343 e. The van der Waals surface area contributed by atoms with Gasteiger partial charge in [-0.2, -0.15) is 0 Å². The summed E-state index contributed by atoms with van der Waals surface area (Å²) in [5.74, 6) is 0.457. The average molecular weight is 159 g/mol. The molecule has 0 radical (unpaired) electrons. The molecule has 1 rings (SSSR count). The molecule has 1 aliphatic rings. The molecule has 64 valence electrons. The fourth-order valence-corrected chi connectivity index (χ4v) is 1.51. The van der Waals surface area contributed by atoms with E-state index < -0.39 is 0 Å². The predicted molar refractivity (Wildman–Crippen MR) is 41.0 cm³/mol. The molecular formula is C8H14FNO. The fraction of sp³-hybridized carbons (Fsp3) is 0.875. The smallest absolute Gasteiger partial charge is 0.222 e. The second-order valence-electron chi connectivity index (χ2n) is 2.98. The van der Waals surface area contributed by atoms with Gasteiger partial charge in [-0.15, -0.1) is 0 Å². The van der Waals surface area contributed by atoms with Crippen LogP contribution in [-0.2, 0) is 4.79 Å². The van der Waals surface area contributed by atoms with Gasteiger partial charge in [0.15, 0.2) is 0 Å². The highest BCUT2D eigenvalue weighted by Gasteiger charge is 2.27. The first-order valence-corrected chi connectivity index (χ1v) is 4.11. The molecule has 11 heavy (non-hydrogen) atoms. The topological polar surface area (TPSA) is 20.3 Å². The summed E-state index contributed by atoms with van der Waals surface area (Å²) in [5, 5.41) is 0. The summed E-state index contributed by atoms with van der Waals surface area (Å²) in [7, 11) is 0. The van der Waals surface area contributed by atoms with Crippen LogP contribution in [0.25, 0.3) is 0 Å². The number of amides is 1. The van der Waals surface area contributed by atoms with Crippen LogP contribution in [0, 0.1) is 5.92 Å². The molecule has 2 nitrogen and oxygen atoms in total. The van der Waals surface area contributed by atoms with Crippen LogP contribution < -0.4 is 0 Å². The van der Waals surface area contributed by atoms with Gasteiger partial charge in [0, 0.05) is 19.5 Å². The predicted octanol–water partition coefficient (Wildman–Crippen LogP) is 1.21. The quantitative estimate of drug-likeness (QED) is 0.606. The maximum absolute atomic E-state index is 11.9. The van der Waals surface area contributed by atoms with Crippen molar-refractivity contribution in [2.24, 2.45) is 5.92 Å². The van der Waals surface area contributed by atoms with Gasteiger partial charge in [0.1, 0.15) is 0 Å². The first kappa shape index (κ1) is 8.50. The lowest BCUT2D eigenvalue weighted by Crippen LogP contribution is -2.24. The number of hydrogen-bond donors (Lipinski definition) is 0. The normalized spacial score (nSPS) is 24.7. The number of hydrogen-bond acceptors (Lipinski definition) is 1. The molecule has 1 fully saturated rings. The van der Waals surface area contributed by atoms with E-state index in [0.717, 1.165) is 13.1 Å². The van der Waals surface area contributed by atoms with E-state index in [9.17, 15) is 9.18 Å². The van der Waals surface area contributed by atoms with Crippen molar-refractivity contribution in [3.05, 3.63) is 0 Å². The zero-order valence-electron chi connectivity index (χ0n) is 6.85. The molecule has 0 aromatic rings. The molecule has 0 aromatic carbocycles. The molecule has 1 saturated heterocycles. The van der Waals surface area contributed by atoms with Gasteiger partial charge in [0.2, 0.25) is 5.91 Å². The standard InChI is InChI=1S/C8H14FNO/c1-2-10-6-7(3-4-9)5-8(10)11/h7H,2-6H2,1H3. The van der Waals surface area contributed by atoms with E-state index in [1.807, 2.05) is 6.92 Å². The van der Waals surface area contributed by atoms with Gasteiger partial charge >= 0.3 is 0 Å². The van der Waals surface area contributed by atoms with Gasteiger partial charge in [0.05, 0.1) is 6.67 Å². The van der Waals surface area contributed by atoms with E-state index >= 15 is 0 Å². The molecule has 0 aliphatic carbocycles. The third kappa shape index (κ3) is 1.91. The van der Waals surface area contributed by atoms with E-state index in [2.05, 4.69) is 0 Å². The maximum Gasteiger partial charge on any atom is 0.222 e. The second-order valence-corrected chi connectivity index (χ2v) is 2.98. The highest BCUT2D eigenvalue weighted by atomic mass is 19.1. The molecule has 1 unspecified atom stereocenters. The molecule has 1 amide bonds. The third-order valence-corrected chi connectivity index (χ3v) is 2.19. The van der Waals surface area contributed by atoms with Crippen molar-refractivity contribution in [1.82, 2.24) is 4.90 Å². The molecule has 0 saturated carbocycles. The lowest BCUT2D eigenvalue weighted by atomic mass is 10.1. The molecule has 0 spiro atoms. The average Bonchev–Trinajstić information content (AvgIpc) is 2.32. The SMILES string of the molecule is CCN1CC(CCF)CC1=O. The number of halogens is 1. The summed E-state index contributed by atoms with van der Waals surface area (Å²) in [5.41, 5.74) is 0. The second kappa shape index (κ2) is 3.69. The van der Waals surface area contributed by atoms with Crippen molar-refractivity contribution in [1.29, 1.82) is 0 Å². The van der Waals surface area contributed by atoms with Crippen LogP contribution in [0.5, 0.6) is 0 Å². The number of carbonyl (C=O) groups excluding carboxylic acids is 1. The van der Waals surface area contributed by atoms with Crippen molar-refractivity contribution in [2.75, 3.05) is 19.8 Å². The van der Waals surface area contributed by atoms with Crippen molar-refractivity contribution in [2.45, 2.75) is 19.8 Å². The Labute approximate surface area is 66.4 Å². The Morgan fingerprint density at radius 3 is 2.91 bits per heavy atom. The Balaban J connectivity index is 2.36. The van der Waals surface area contributed by atoms with E-state index in [1.54, 1.807) is 4.90 Å². The molecule has 0 bridgehead atoms. The lowest BCUT2D eigenvalue weighted by molar-refractivity contribution is -0.127. The Morgan fingerprint density at radius 2 is 2.45 bits per heavy atom. The molecule has 0 aromatic heterocycles. The monoisotopic (exact) mass is 159 g/mol. The summed E-state index contributed by atoms with van der Waals surface area (Å²) >= 11 is 0. The minimum absolute atomic E-state index is 0.186. The minimum atomic E-state index is -0.296. The lowest BCUT2D eigenvalue weighted by Gasteiger charge is -2.12. The van der Waals surface area contributed by atoms with Gasteiger partial charge < -0.3 is 4.90 Å². The Hall–Kier alpha value is -0.600. The summed E-state index contributed by atoms with van der Waals surface area (Å²) in [6, 6.07) is 0. The summed E-state index contributed by atoms with van der Waals surface area (Å²) < 4.78 is 11.9. The van der Waals surface area contributed by atoms with Crippen LogP contribution in [0.1, 0.15) is 19.8 Å². The van der Waals surface area contributed by atoms with Crippen molar-refractivity contribution in [3.8, 4) is 0 Å². The Bertz CT molecular complexity index is 149. The van der Waals surface area contributed by atoms with Crippen LogP contribution in [0.2, 0.25) is 0 Å². The largest absolute Gasteiger partial charge is 0.343 e. The zero-order valence-corrected chi connectivity index (χ0v) is 6.85. The molecule has 3 heteroatoms. The van der Waals surface area contributed by atoms with E-state index in [1.165, 1.54) is 0 Å². The highest BCUT2D eigenvalue weighted by Crippen LogP contribution is 2.20. The van der Waals surface area contributed by atoms with E-state index in [4.69, 9.17) is 0 Å². The summed E-state index contributed by atoms with van der Waals surface area (Å²) in [6.45, 7) is 3.19. The van der Waals surface area contributed by atoms with Gasteiger partial charge in [-0.05, 0) is 19.3 Å². The Morgan fingerprint density at radius 1 is 1.73 bits per heavy atom. The van der Waals surface area contributed by atoms with Crippen LogP contribution in [0.3, 0.4) is 0 Å². The fourth-order valence-electron chi connectivity index (χ4n) is 1.51. The third-order valence-electron chi connectivity index (χ3n) is 2.19. The number of likely N-dealkylation sites (tertiary alicyclic amines) is 1. The van der Waals surface area contributed by atoms with Crippen LogP contribution >= 0.6 is 0 Å². The van der Waals surface area contributed by atoms with Gasteiger partial charge in [-0.1, -0.05) is 0 Å². The van der Waals surface area contributed by atoms with Gasteiger partial charge in [-0.3, -0.25) is 9.18 Å². The molecular weight excluding hydrogens is 145 g/mol. The van der Waals surface area contributed by atoms with Crippen LogP contribution in [0.15, 0.2) is 0 Å². The molecule has 0 N–H and O–H groups in total. The first-order valence-electron chi connectivity index (χ1n) is 4.11. The molecule has 1 aliphatic heterocycles. The first-order chi connectivity index (χ1) is 5.27. The molecule has 1 heterocycles. The Kier molecular flexibility index (Phi) is 2.85. The van der Waals surface area contributed by atoms with Crippen molar-refractivity contribution in [3.63, 3.8) is 0 Å². The number of carbonyl (C=O) groups is 1. The number of nitrogens with zero attached hydrogens (tertiary/aromatic N) is 1.